The van der Waals surface area contributed by atoms with E-state index in [0.717, 1.165) is 10.2 Å². The molecule has 0 bridgehead atoms. The highest BCUT2D eigenvalue weighted by atomic mass is 32.1. The zero-order valence-corrected chi connectivity index (χ0v) is 12.0. The van der Waals surface area contributed by atoms with Crippen LogP contribution in [0.5, 0.6) is 0 Å². The largest absolute Gasteiger partial charge is 0.395 e. The van der Waals surface area contributed by atoms with Crippen LogP contribution in [0.4, 0.5) is 5.13 Å². The lowest BCUT2D eigenvalue weighted by atomic mass is 10.2. The van der Waals surface area contributed by atoms with Gasteiger partial charge in [0.05, 0.1) is 23.4 Å². The lowest BCUT2D eigenvalue weighted by Crippen LogP contribution is -2.36. The van der Waals surface area contributed by atoms with Crippen LogP contribution in [0, 0.1) is 0 Å². The first-order chi connectivity index (χ1) is 9.65. The summed E-state index contributed by atoms with van der Waals surface area (Å²) in [5.41, 5.74) is 7.00. The van der Waals surface area contributed by atoms with E-state index in [2.05, 4.69) is 4.98 Å². The maximum absolute atomic E-state index is 12.4. The third-order valence-electron chi connectivity index (χ3n) is 2.87. The van der Waals surface area contributed by atoms with Crippen LogP contribution in [0.3, 0.4) is 0 Å². The maximum atomic E-state index is 12.4. The summed E-state index contributed by atoms with van der Waals surface area (Å²) in [6, 6.07) is 5.28. The lowest BCUT2D eigenvalue weighted by molar-refractivity contribution is 0.0656. The minimum absolute atomic E-state index is 0.0782. The number of aliphatic hydroxyl groups is 1. The second-order valence-corrected chi connectivity index (χ2v) is 5.31. The van der Waals surface area contributed by atoms with E-state index < -0.39 is 0 Å². The van der Waals surface area contributed by atoms with Crippen LogP contribution in [0.2, 0.25) is 0 Å². The molecule has 2 rings (SSSR count). The number of fused-ring (bicyclic) bond motifs is 1. The standard InChI is InChI=1S/C13H17N3O3S/c1-19-7-5-16(4-6-17)12(18)9-2-3-10-11(8-9)20-13(14)15-10/h2-3,8,17H,4-7H2,1H3,(H2,14,15). The zero-order chi connectivity index (χ0) is 14.5. The molecule has 0 aliphatic heterocycles. The highest BCUT2D eigenvalue weighted by molar-refractivity contribution is 7.22. The molecule has 0 fully saturated rings. The Labute approximate surface area is 120 Å². The minimum Gasteiger partial charge on any atom is -0.395 e. The van der Waals surface area contributed by atoms with Gasteiger partial charge in [0.2, 0.25) is 0 Å². The molecule has 6 nitrogen and oxygen atoms in total. The predicted molar refractivity (Wildman–Crippen MR) is 78.9 cm³/mol. The molecule has 1 aromatic heterocycles. The molecule has 0 radical (unpaired) electrons. The first kappa shape index (κ1) is 14.7. The molecule has 20 heavy (non-hydrogen) atoms. The number of benzene rings is 1. The van der Waals surface area contributed by atoms with Crippen LogP contribution in [0.1, 0.15) is 10.4 Å². The first-order valence-corrected chi connectivity index (χ1v) is 7.02. The number of anilines is 1. The molecular weight excluding hydrogens is 278 g/mol. The fraction of sp³-hybridized carbons (Fsp3) is 0.385. The van der Waals surface area contributed by atoms with Crippen molar-refractivity contribution in [3.8, 4) is 0 Å². The molecule has 0 aliphatic carbocycles. The maximum Gasteiger partial charge on any atom is 0.254 e. The fourth-order valence-electron chi connectivity index (χ4n) is 1.90. The predicted octanol–water partition coefficient (Wildman–Crippen LogP) is 0.959. The molecule has 0 atom stereocenters. The number of rotatable bonds is 6. The monoisotopic (exact) mass is 295 g/mol. The van der Waals surface area contributed by atoms with Crippen LogP contribution in [-0.2, 0) is 4.74 Å². The van der Waals surface area contributed by atoms with Gasteiger partial charge in [-0.2, -0.15) is 0 Å². The number of nitrogens with two attached hydrogens (primary N) is 1. The van der Waals surface area contributed by atoms with Gasteiger partial charge in [0.25, 0.3) is 5.91 Å². The van der Waals surface area contributed by atoms with Gasteiger partial charge in [-0.3, -0.25) is 4.79 Å². The van der Waals surface area contributed by atoms with Crippen LogP contribution in [0.25, 0.3) is 10.2 Å². The number of nitrogen functional groups attached to an aromatic ring is 1. The van der Waals surface area contributed by atoms with Crippen molar-refractivity contribution in [2.24, 2.45) is 0 Å². The topological polar surface area (TPSA) is 88.7 Å². The molecule has 1 amide bonds. The van der Waals surface area contributed by atoms with E-state index >= 15 is 0 Å². The van der Waals surface area contributed by atoms with E-state index in [1.54, 1.807) is 30.2 Å². The molecule has 1 heterocycles. The molecule has 0 unspecified atom stereocenters. The molecule has 0 aliphatic rings. The first-order valence-electron chi connectivity index (χ1n) is 6.21. The summed E-state index contributed by atoms with van der Waals surface area (Å²) >= 11 is 1.35. The molecule has 7 heteroatoms. The number of hydrogen-bond acceptors (Lipinski definition) is 6. The third kappa shape index (κ3) is 3.24. The summed E-state index contributed by atoms with van der Waals surface area (Å²) in [6.07, 6.45) is 0. The minimum atomic E-state index is -0.134. The van der Waals surface area contributed by atoms with Gasteiger partial charge in [0.15, 0.2) is 5.13 Å². The van der Waals surface area contributed by atoms with Gasteiger partial charge < -0.3 is 20.5 Å². The second-order valence-electron chi connectivity index (χ2n) is 4.24. The number of carbonyl (C=O) groups excluding carboxylic acids is 1. The van der Waals surface area contributed by atoms with Crippen molar-refractivity contribution in [1.82, 2.24) is 9.88 Å². The molecule has 3 N–H and O–H groups in total. The van der Waals surface area contributed by atoms with E-state index in [-0.39, 0.29) is 19.1 Å². The quantitative estimate of drug-likeness (QED) is 0.828. The number of ether oxygens (including phenoxy) is 1. The number of aliphatic hydroxyl groups excluding tert-OH is 1. The number of amides is 1. The SMILES string of the molecule is COCCN(CCO)C(=O)c1ccc2nc(N)sc2c1. The van der Waals surface area contributed by atoms with E-state index in [0.29, 0.717) is 23.8 Å². The Morgan fingerprint density at radius 1 is 1.50 bits per heavy atom. The van der Waals surface area contributed by atoms with E-state index in [1.807, 2.05) is 0 Å². The average molecular weight is 295 g/mol. The van der Waals surface area contributed by atoms with Crippen LogP contribution >= 0.6 is 11.3 Å². The summed E-state index contributed by atoms with van der Waals surface area (Å²) in [5, 5.41) is 9.53. The highest BCUT2D eigenvalue weighted by Gasteiger charge is 2.16. The van der Waals surface area contributed by atoms with Gasteiger partial charge >= 0.3 is 0 Å². The summed E-state index contributed by atoms with van der Waals surface area (Å²) in [7, 11) is 1.58. The zero-order valence-electron chi connectivity index (χ0n) is 11.2. The third-order valence-corrected chi connectivity index (χ3v) is 3.72. The summed E-state index contributed by atoms with van der Waals surface area (Å²) in [6.45, 7) is 1.08. The molecular formula is C13H17N3O3S. The van der Waals surface area contributed by atoms with Gasteiger partial charge in [-0.15, -0.1) is 0 Å². The summed E-state index contributed by atoms with van der Waals surface area (Å²) < 4.78 is 5.86. The van der Waals surface area contributed by atoms with Crippen LogP contribution in [-0.4, -0.2) is 54.3 Å². The van der Waals surface area contributed by atoms with E-state index in [9.17, 15) is 4.79 Å². The van der Waals surface area contributed by atoms with Gasteiger partial charge in [-0.25, -0.2) is 4.98 Å². The van der Waals surface area contributed by atoms with Gasteiger partial charge in [0, 0.05) is 25.8 Å². The van der Waals surface area contributed by atoms with Crippen molar-refractivity contribution in [1.29, 1.82) is 0 Å². The van der Waals surface area contributed by atoms with Crippen LogP contribution < -0.4 is 5.73 Å². The van der Waals surface area contributed by atoms with E-state index in [4.69, 9.17) is 15.6 Å². The molecule has 0 saturated heterocycles. The van der Waals surface area contributed by atoms with Crippen LogP contribution in [0.15, 0.2) is 18.2 Å². The van der Waals surface area contributed by atoms with Gasteiger partial charge in [-0.05, 0) is 18.2 Å². The summed E-state index contributed by atoms with van der Waals surface area (Å²) in [4.78, 5) is 18.1. The number of methoxy groups -OCH3 is 1. The lowest BCUT2D eigenvalue weighted by Gasteiger charge is -2.21. The molecule has 108 valence electrons. The Kier molecular flexibility index (Phi) is 4.89. The molecule has 0 saturated carbocycles. The number of hydrogen-bond donors (Lipinski definition) is 2. The van der Waals surface area contributed by atoms with Gasteiger partial charge in [-0.1, -0.05) is 11.3 Å². The Hall–Kier alpha value is -1.70. The Balaban J connectivity index is 2.22. The van der Waals surface area contributed by atoms with Crippen molar-refractivity contribution in [3.05, 3.63) is 23.8 Å². The second kappa shape index (κ2) is 6.65. The van der Waals surface area contributed by atoms with Gasteiger partial charge in [0.1, 0.15) is 0 Å². The number of aromatic nitrogens is 1. The number of carbonyl (C=O) groups is 1. The van der Waals surface area contributed by atoms with Crippen molar-refractivity contribution >= 4 is 32.6 Å². The Morgan fingerprint density at radius 3 is 3.00 bits per heavy atom. The fourth-order valence-corrected chi connectivity index (χ4v) is 2.67. The normalized spacial score (nSPS) is 10.9. The molecule has 0 spiro atoms. The Morgan fingerprint density at radius 2 is 2.30 bits per heavy atom. The average Bonchev–Trinajstić information content (AvgIpc) is 2.81. The number of nitrogens with zero attached hydrogens (tertiary/aromatic N) is 2. The van der Waals surface area contributed by atoms with Crippen molar-refractivity contribution in [3.63, 3.8) is 0 Å². The van der Waals surface area contributed by atoms with Crippen molar-refractivity contribution in [2.45, 2.75) is 0 Å². The molecule has 2 aromatic rings. The van der Waals surface area contributed by atoms with E-state index in [1.165, 1.54) is 11.3 Å². The number of thiazole rings is 1. The summed E-state index contributed by atoms with van der Waals surface area (Å²) in [5.74, 6) is -0.134. The van der Waals surface area contributed by atoms with Crippen molar-refractivity contribution in [2.75, 3.05) is 39.1 Å². The Bertz CT molecular complexity index is 600. The van der Waals surface area contributed by atoms with Crippen molar-refractivity contribution < 1.29 is 14.6 Å². The highest BCUT2D eigenvalue weighted by Crippen LogP contribution is 2.25. The molecule has 1 aromatic carbocycles. The smallest absolute Gasteiger partial charge is 0.254 e.